The van der Waals surface area contributed by atoms with Crippen LogP contribution < -0.4 is 5.32 Å². The van der Waals surface area contributed by atoms with Crippen molar-refractivity contribution in [2.45, 2.75) is 6.10 Å². The van der Waals surface area contributed by atoms with Crippen molar-refractivity contribution in [3.8, 4) is 0 Å². The Morgan fingerprint density at radius 1 is 1.53 bits per heavy atom. The lowest BCUT2D eigenvalue weighted by molar-refractivity contribution is -0.133. The Morgan fingerprint density at radius 3 is 3.00 bits per heavy atom. The maximum absolute atomic E-state index is 13.0. The fourth-order valence-corrected chi connectivity index (χ4v) is 1.96. The first-order valence-electron chi connectivity index (χ1n) is 4.50. The minimum Gasteiger partial charge on any atom is -0.362 e. The van der Waals surface area contributed by atoms with E-state index in [9.17, 15) is 9.18 Å². The number of nitrogens with one attached hydrogen (secondary N) is 1. The minimum atomic E-state index is -0.311. The van der Waals surface area contributed by atoms with E-state index in [1.54, 1.807) is 6.07 Å². The van der Waals surface area contributed by atoms with Gasteiger partial charge in [0.2, 0.25) is 5.91 Å². The fraction of sp³-hybridized carbons (Fsp3) is 0.300. The lowest BCUT2D eigenvalue weighted by atomic mass is 10.1. The first-order valence-corrected chi connectivity index (χ1v) is 5.29. The van der Waals surface area contributed by atoms with Crippen LogP contribution in [0.5, 0.6) is 0 Å². The van der Waals surface area contributed by atoms with Crippen molar-refractivity contribution in [1.29, 1.82) is 0 Å². The van der Waals surface area contributed by atoms with E-state index in [0.717, 1.165) is 10.0 Å². The number of morpholine rings is 1. The van der Waals surface area contributed by atoms with Crippen molar-refractivity contribution in [2.75, 3.05) is 13.2 Å². The molecule has 1 aromatic rings. The summed E-state index contributed by atoms with van der Waals surface area (Å²) in [5.41, 5.74) is 0.718. The lowest BCUT2D eigenvalue weighted by Gasteiger charge is -2.24. The number of hydrogen-bond acceptors (Lipinski definition) is 2. The van der Waals surface area contributed by atoms with Gasteiger partial charge in [-0.25, -0.2) is 4.39 Å². The molecule has 2 rings (SSSR count). The zero-order valence-electron chi connectivity index (χ0n) is 7.80. The molecule has 0 radical (unpaired) electrons. The summed E-state index contributed by atoms with van der Waals surface area (Å²) in [5.74, 6) is -0.451. The standard InChI is InChI=1S/C10H9BrFNO2/c11-8-2-1-6(12)3-7(8)9-4-13-10(14)5-15-9/h1-3,9H,4-5H2,(H,13,14)/t9-/m0/s1. The number of carbonyl (C=O) groups is 1. The Balaban J connectivity index is 2.21. The summed E-state index contributed by atoms with van der Waals surface area (Å²) in [6, 6.07) is 4.41. The molecule has 0 saturated carbocycles. The molecule has 1 amide bonds. The zero-order valence-corrected chi connectivity index (χ0v) is 9.38. The van der Waals surface area contributed by atoms with Crippen LogP contribution >= 0.6 is 15.9 Å². The largest absolute Gasteiger partial charge is 0.362 e. The van der Waals surface area contributed by atoms with Crippen LogP contribution in [-0.4, -0.2) is 19.1 Å². The Bertz CT molecular complexity index is 387. The van der Waals surface area contributed by atoms with Gasteiger partial charge < -0.3 is 10.1 Å². The average Bonchev–Trinajstić information content (AvgIpc) is 2.23. The zero-order chi connectivity index (χ0) is 10.8. The van der Waals surface area contributed by atoms with Crippen molar-refractivity contribution in [3.05, 3.63) is 34.1 Å². The highest BCUT2D eigenvalue weighted by molar-refractivity contribution is 9.10. The van der Waals surface area contributed by atoms with Gasteiger partial charge in [-0.3, -0.25) is 4.79 Å². The van der Waals surface area contributed by atoms with Gasteiger partial charge in [-0.15, -0.1) is 0 Å². The number of hydrogen-bond donors (Lipinski definition) is 1. The molecule has 1 aliphatic rings. The quantitative estimate of drug-likeness (QED) is 0.847. The molecule has 1 atom stereocenters. The van der Waals surface area contributed by atoms with Crippen molar-refractivity contribution < 1.29 is 13.9 Å². The molecule has 0 aromatic heterocycles. The van der Waals surface area contributed by atoms with Crippen LogP contribution in [0.25, 0.3) is 0 Å². The van der Waals surface area contributed by atoms with Crippen LogP contribution in [0.4, 0.5) is 4.39 Å². The van der Waals surface area contributed by atoms with Gasteiger partial charge in [0.05, 0.1) is 0 Å². The number of rotatable bonds is 1. The van der Waals surface area contributed by atoms with Crippen LogP contribution in [0.2, 0.25) is 0 Å². The molecule has 0 aliphatic carbocycles. The number of carbonyl (C=O) groups excluding carboxylic acids is 1. The summed E-state index contributed by atoms with van der Waals surface area (Å²) in [7, 11) is 0. The Kier molecular flexibility index (Phi) is 3.02. The molecule has 0 unspecified atom stereocenters. The van der Waals surface area contributed by atoms with Crippen LogP contribution in [-0.2, 0) is 9.53 Å². The van der Waals surface area contributed by atoms with Crippen molar-refractivity contribution in [3.63, 3.8) is 0 Å². The third kappa shape index (κ3) is 2.35. The Morgan fingerprint density at radius 2 is 2.33 bits per heavy atom. The smallest absolute Gasteiger partial charge is 0.246 e. The second-order valence-electron chi connectivity index (χ2n) is 3.27. The first kappa shape index (κ1) is 10.6. The number of halogens is 2. The highest BCUT2D eigenvalue weighted by Crippen LogP contribution is 2.27. The fourth-order valence-electron chi connectivity index (χ4n) is 1.45. The molecule has 5 heteroatoms. The molecule has 1 N–H and O–H groups in total. The van der Waals surface area contributed by atoms with E-state index in [1.165, 1.54) is 12.1 Å². The van der Waals surface area contributed by atoms with Crippen LogP contribution in [0.3, 0.4) is 0 Å². The summed E-state index contributed by atoms with van der Waals surface area (Å²) in [4.78, 5) is 10.9. The summed E-state index contributed by atoms with van der Waals surface area (Å²) < 4.78 is 19.1. The van der Waals surface area contributed by atoms with Crippen LogP contribution in [0.15, 0.2) is 22.7 Å². The SMILES string of the molecule is O=C1CO[C@H](c2cc(F)ccc2Br)CN1. The Labute approximate surface area is 94.7 Å². The minimum absolute atomic E-state index is 0.0214. The summed E-state index contributed by atoms with van der Waals surface area (Å²) in [6.07, 6.45) is -0.284. The van der Waals surface area contributed by atoms with Gasteiger partial charge in [-0.2, -0.15) is 0 Å². The van der Waals surface area contributed by atoms with Gasteiger partial charge in [0.25, 0.3) is 0 Å². The van der Waals surface area contributed by atoms with E-state index < -0.39 is 0 Å². The van der Waals surface area contributed by atoms with E-state index in [1.807, 2.05) is 0 Å². The summed E-state index contributed by atoms with van der Waals surface area (Å²) in [6.45, 7) is 0.397. The van der Waals surface area contributed by atoms with Crippen LogP contribution in [0.1, 0.15) is 11.7 Å². The second kappa shape index (κ2) is 4.28. The summed E-state index contributed by atoms with van der Waals surface area (Å²) in [5, 5.41) is 2.67. The van der Waals surface area contributed by atoms with Gasteiger partial charge in [0.15, 0.2) is 0 Å². The van der Waals surface area contributed by atoms with E-state index >= 15 is 0 Å². The van der Waals surface area contributed by atoms with Gasteiger partial charge in [0, 0.05) is 11.0 Å². The number of amides is 1. The topological polar surface area (TPSA) is 38.3 Å². The molecule has 0 spiro atoms. The molecule has 1 heterocycles. The molecule has 3 nitrogen and oxygen atoms in total. The molecule has 15 heavy (non-hydrogen) atoms. The first-order chi connectivity index (χ1) is 7.16. The van der Waals surface area contributed by atoms with Crippen LogP contribution in [0, 0.1) is 5.82 Å². The lowest BCUT2D eigenvalue weighted by Crippen LogP contribution is -2.38. The Hall–Kier alpha value is -0.940. The molecular formula is C10H9BrFNO2. The van der Waals surface area contributed by atoms with Crippen molar-refractivity contribution in [2.24, 2.45) is 0 Å². The van der Waals surface area contributed by atoms with E-state index in [0.29, 0.717) is 6.54 Å². The third-order valence-corrected chi connectivity index (χ3v) is 2.93. The molecule has 0 bridgehead atoms. The summed E-state index contributed by atoms with van der Waals surface area (Å²) >= 11 is 3.32. The number of ether oxygens (including phenoxy) is 1. The van der Waals surface area contributed by atoms with E-state index in [4.69, 9.17) is 4.74 Å². The maximum Gasteiger partial charge on any atom is 0.246 e. The molecule has 80 valence electrons. The second-order valence-corrected chi connectivity index (χ2v) is 4.12. The van der Waals surface area contributed by atoms with Gasteiger partial charge in [-0.1, -0.05) is 15.9 Å². The number of benzene rings is 1. The highest BCUT2D eigenvalue weighted by Gasteiger charge is 2.22. The monoisotopic (exact) mass is 273 g/mol. The predicted octanol–water partition coefficient (Wildman–Crippen LogP) is 1.78. The molecule has 1 fully saturated rings. The van der Waals surface area contributed by atoms with Gasteiger partial charge in [-0.05, 0) is 23.8 Å². The molecule has 1 aromatic carbocycles. The molecule has 1 aliphatic heterocycles. The van der Waals surface area contributed by atoms with E-state index in [-0.39, 0.29) is 24.4 Å². The molecule has 1 saturated heterocycles. The highest BCUT2D eigenvalue weighted by atomic mass is 79.9. The average molecular weight is 274 g/mol. The van der Waals surface area contributed by atoms with Crippen molar-refractivity contribution in [1.82, 2.24) is 5.32 Å². The van der Waals surface area contributed by atoms with Gasteiger partial charge in [0.1, 0.15) is 18.5 Å². The third-order valence-electron chi connectivity index (χ3n) is 2.21. The van der Waals surface area contributed by atoms with Gasteiger partial charge >= 0.3 is 0 Å². The molecular weight excluding hydrogens is 265 g/mol. The van der Waals surface area contributed by atoms with E-state index in [2.05, 4.69) is 21.2 Å². The maximum atomic E-state index is 13.0. The normalized spacial score (nSPS) is 21.2. The van der Waals surface area contributed by atoms with Crippen molar-refractivity contribution >= 4 is 21.8 Å². The predicted molar refractivity (Wildman–Crippen MR) is 55.8 cm³/mol.